The molecule has 1 aliphatic rings. The van der Waals surface area contributed by atoms with Gasteiger partial charge in [-0.3, -0.25) is 0 Å². The van der Waals surface area contributed by atoms with Crippen LogP contribution in [0.15, 0.2) is 12.3 Å². The van der Waals surface area contributed by atoms with Crippen LogP contribution >= 0.6 is 0 Å². The van der Waals surface area contributed by atoms with Gasteiger partial charge in [-0.05, 0) is 32.2 Å². The van der Waals surface area contributed by atoms with Crippen molar-refractivity contribution in [2.24, 2.45) is 5.73 Å². The first kappa shape index (κ1) is 12.2. The van der Waals surface area contributed by atoms with E-state index in [-0.39, 0.29) is 5.82 Å². The maximum Gasteiger partial charge on any atom is 0.168 e. The molecule has 1 saturated carbocycles. The molecule has 2 rings (SSSR count). The van der Waals surface area contributed by atoms with Gasteiger partial charge in [0.1, 0.15) is 5.82 Å². The lowest BCUT2D eigenvalue weighted by Crippen LogP contribution is -2.42. The summed E-state index contributed by atoms with van der Waals surface area (Å²) in [7, 11) is 0. The van der Waals surface area contributed by atoms with E-state index in [0.29, 0.717) is 19.1 Å². The van der Waals surface area contributed by atoms with Crippen LogP contribution in [0.4, 0.5) is 14.6 Å². The van der Waals surface area contributed by atoms with Crippen LogP contribution in [0.2, 0.25) is 0 Å². The molecule has 0 bridgehead atoms. The summed E-state index contributed by atoms with van der Waals surface area (Å²) in [4.78, 5) is 5.79. The normalized spacial score (nSPS) is 15.7. The molecule has 1 heterocycles. The molecule has 2 N–H and O–H groups in total. The fraction of sp³-hybridized carbons (Fsp3) is 0.583. The van der Waals surface area contributed by atoms with Crippen molar-refractivity contribution in [1.82, 2.24) is 4.98 Å². The number of rotatable bonds is 5. The molecule has 0 spiro atoms. The van der Waals surface area contributed by atoms with Crippen molar-refractivity contribution in [1.29, 1.82) is 0 Å². The smallest absolute Gasteiger partial charge is 0.168 e. The van der Waals surface area contributed by atoms with Gasteiger partial charge in [-0.1, -0.05) is 0 Å². The van der Waals surface area contributed by atoms with Gasteiger partial charge in [0.15, 0.2) is 11.6 Å². The number of aromatic nitrogens is 1. The minimum Gasteiger partial charge on any atom is -0.351 e. The fourth-order valence-corrected chi connectivity index (χ4v) is 2.04. The molecule has 0 saturated heterocycles. The van der Waals surface area contributed by atoms with Crippen LogP contribution in [-0.4, -0.2) is 24.1 Å². The summed E-state index contributed by atoms with van der Waals surface area (Å²) in [6.07, 6.45) is 5.10. The first-order valence-corrected chi connectivity index (χ1v) is 6.00. The van der Waals surface area contributed by atoms with Gasteiger partial charge in [-0.25, -0.2) is 13.8 Å². The van der Waals surface area contributed by atoms with E-state index in [4.69, 9.17) is 5.73 Å². The molecule has 0 aromatic carbocycles. The fourth-order valence-electron chi connectivity index (χ4n) is 2.04. The van der Waals surface area contributed by atoms with Crippen molar-refractivity contribution >= 4 is 5.82 Å². The lowest BCUT2D eigenvalue weighted by atomic mass is 9.91. The van der Waals surface area contributed by atoms with Crippen molar-refractivity contribution in [3.05, 3.63) is 23.9 Å². The Kier molecular flexibility index (Phi) is 3.89. The predicted molar refractivity (Wildman–Crippen MR) is 62.8 cm³/mol. The molecule has 0 aliphatic heterocycles. The molecule has 5 heteroatoms. The molecule has 0 unspecified atom stereocenters. The van der Waals surface area contributed by atoms with Gasteiger partial charge >= 0.3 is 0 Å². The standard InChI is InChI=1S/C12H17F2N3/c13-9-7-11(14)12(16-8-9)17(6-2-5-15)10-3-1-4-10/h7-8,10H,1-6,15H2. The number of halogens is 2. The highest BCUT2D eigenvalue weighted by Crippen LogP contribution is 2.30. The van der Waals surface area contributed by atoms with Gasteiger partial charge in [-0.15, -0.1) is 0 Å². The number of nitrogens with zero attached hydrogens (tertiary/aromatic N) is 2. The Morgan fingerprint density at radius 1 is 1.41 bits per heavy atom. The summed E-state index contributed by atoms with van der Waals surface area (Å²) in [5.74, 6) is -0.975. The highest BCUT2D eigenvalue weighted by Gasteiger charge is 2.27. The van der Waals surface area contributed by atoms with Crippen LogP contribution in [0.25, 0.3) is 0 Å². The van der Waals surface area contributed by atoms with E-state index in [2.05, 4.69) is 4.98 Å². The molecule has 0 atom stereocenters. The molecule has 1 aliphatic carbocycles. The summed E-state index contributed by atoms with van der Waals surface area (Å²) in [5, 5.41) is 0. The lowest BCUT2D eigenvalue weighted by molar-refractivity contribution is 0.378. The monoisotopic (exact) mass is 241 g/mol. The predicted octanol–water partition coefficient (Wildman–Crippen LogP) is 2.07. The minimum atomic E-state index is -0.640. The first-order valence-electron chi connectivity index (χ1n) is 6.00. The minimum absolute atomic E-state index is 0.254. The van der Waals surface area contributed by atoms with E-state index < -0.39 is 11.6 Å². The number of hydrogen-bond acceptors (Lipinski definition) is 3. The van der Waals surface area contributed by atoms with Gasteiger partial charge in [0.05, 0.1) is 6.20 Å². The van der Waals surface area contributed by atoms with Crippen molar-refractivity contribution in [2.75, 3.05) is 18.0 Å². The number of nitrogens with two attached hydrogens (primary N) is 1. The molecule has 1 fully saturated rings. The van der Waals surface area contributed by atoms with Gasteiger partial charge in [0, 0.05) is 18.7 Å². The van der Waals surface area contributed by atoms with Gasteiger partial charge in [0.25, 0.3) is 0 Å². The van der Waals surface area contributed by atoms with Crippen molar-refractivity contribution in [2.45, 2.75) is 31.7 Å². The van der Waals surface area contributed by atoms with Crippen molar-refractivity contribution in [3.63, 3.8) is 0 Å². The van der Waals surface area contributed by atoms with E-state index in [1.807, 2.05) is 4.90 Å². The highest BCUT2D eigenvalue weighted by molar-refractivity contribution is 5.41. The number of hydrogen-bond donors (Lipinski definition) is 1. The molecule has 1 aromatic heterocycles. The summed E-state index contributed by atoms with van der Waals surface area (Å²) < 4.78 is 26.5. The van der Waals surface area contributed by atoms with Crippen LogP contribution < -0.4 is 10.6 Å². The third kappa shape index (κ3) is 2.72. The quantitative estimate of drug-likeness (QED) is 0.858. The Morgan fingerprint density at radius 2 is 2.18 bits per heavy atom. The average Bonchev–Trinajstić information content (AvgIpc) is 2.22. The summed E-state index contributed by atoms with van der Waals surface area (Å²) in [5.41, 5.74) is 5.48. The molecule has 1 aromatic rings. The largest absolute Gasteiger partial charge is 0.351 e. The zero-order chi connectivity index (χ0) is 12.3. The summed E-state index contributed by atoms with van der Waals surface area (Å²) in [6.45, 7) is 1.24. The maximum absolute atomic E-state index is 13.7. The third-order valence-corrected chi connectivity index (χ3v) is 3.18. The molecular weight excluding hydrogens is 224 g/mol. The lowest BCUT2D eigenvalue weighted by Gasteiger charge is -2.38. The topological polar surface area (TPSA) is 42.1 Å². The Morgan fingerprint density at radius 3 is 2.71 bits per heavy atom. The van der Waals surface area contributed by atoms with Gasteiger partial charge in [-0.2, -0.15) is 0 Å². The number of anilines is 1. The Bertz CT molecular complexity index is 380. The average molecular weight is 241 g/mol. The van der Waals surface area contributed by atoms with Crippen LogP contribution in [0.5, 0.6) is 0 Å². The van der Waals surface area contributed by atoms with Crippen LogP contribution in [0, 0.1) is 11.6 Å². The third-order valence-electron chi connectivity index (χ3n) is 3.18. The second-order valence-electron chi connectivity index (χ2n) is 4.38. The van der Waals surface area contributed by atoms with Crippen LogP contribution in [0.1, 0.15) is 25.7 Å². The summed E-state index contributed by atoms with van der Waals surface area (Å²) in [6, 6.07) is 1.21. The van der Waals surface area contributed by atoms with E-state index in [1.165, 1.54) is 0 Å². The molecule has 3 nitrogen and oxygen atoms in total. The SMILES string of the molecule is NCCCN(c1ncc(F)cc1F)C1CCC1. The van der Waals surface area contributed by atoms with Crippen molar-refractivity contribution in [3.8, 4) is 0 Å². The van der Waals surface area contributed by atoms with Crippen LogP contribution in [-0.2, 0) is 0 Å². The van der Waals surface area contributed by atoms with E-state index >= 15 is 0 Å². The molecule has 94 valence electrons. The van der Waals surface area contributed by atoms with Crippen LogP contribution in [0.3, 0.4) is 0 Å². The molecule has 0 radical (unpaired) electrons. The van der Waals surface area contributed by atoms with Gasteiger partial charge in [0.2, 0.25) is 0 Å². The van der Waals surface area contributed by atoms with E-state index in [9.17, 15) is 8.78 Å². The summed E-state index contributed by atoms with van der Waals surface area (Å²) >= 11 is 0. The maximum atomic E-state index is 13.7. The first-order chi connectivity index (χ1) is 8.22. The number of pyridine rings is 1. The Labute approximate surface area is 99.6 Å². The molecule has 0 amide bonds. The second kappa shape index (κ2) is 5.40. The van der Waals surface area contributed by atoms with E-state index in [0.717, 1.165) is 37.9 Å². The van der Waals surface area contributed by atoms with Crippen molar-refractivity contribution < 1.29 is 8.78 Å². The molecular formula is C12H17F2N3. The van der Waals surface area contributed by atoms with Gasteiger partial charge < -0.3 is 10.6 Å². The molecule has 17 heavy (non-hydrogen) atoms. The Balaban J connectivity index is 2.17. The zero-order valence-corrected chi connectivity index (χ0v) is 9.70. The highest BCUT2D eigenvalue weighted by atomic mass is 19.1. The van der Waals surface area contributed by atoms with E-state index in [1.54, 1.807) is 0 Å². The zero-order valence-electron chi connectivity index (χ0n) is 9.70. The second-order valence-corrected chi connectivity index (χ2v) is 4.38. The Hall–Kier alpha value is -1.23.